The van der Waals surface area contributed by atoms with Crippen molar-refractivity contribution in [3.8, 4) is 17.2 Å². The molecule has 1 fully saturated rings. The number of ether oxygens (including phenoxy) is 3. The van der Waals surface area contributed by atoms with E-state index >= 15 is 0 Å². The summed E-state index contributed by atoms with van der Waals surface area (Å²) in [4.78, 5) is 20.0. The quantitative estimate of drug-likeness (QED) is 0.485. The van der Waals surface area contributed by atoms with Gasteiger partial charge in [0.25, 0.3) is 5.91 Å². The molecule has 1 aliphatic rings. The summed E-state index contributed by atoms with van der Waals surface area (Å²) in [5.41, 5.74) is 2.40. The van der Waals surface area contributed by atoms with Gasteiger partial charge in [0.1, 0.15) is 5.65 Å². The molecule has 164 valence electrons. The Kier molecular flexibility index (Phi) is 6.30. The molecule has 0 radical (unpaired) electrons. The van der Waals surface area contributed by atoms with Gasteiger partial charge in [-0.3, -0.25) is 4.79 Å². The smallest absolute Gasteiger partial charge is 0.254 e. The van der Waals surface area contributed by atoms with E-state index in [9.17, 15) is 4.79 Å². The molecule has 0 bridgehead atoms. The molecule has 0 saturated heterocycles. The molecule has 4 rings (SSSR count). The second-order valence-corrected chi connectivity index (χ2v) is 7.44. The lowest BCUT2D eigenvalue weighted by atomic mass is 10.1. The van der Waals surface area contributed by atoms with Gasteiger partial charge >= 0.3 is 0 Å². The summed E-state index contributed by atoms with van der Waals surface area (Å²) in [6.45, 7) is 7.65. The van der Waals surface area contributed by atoms with Crippen LogP contribution in [0.15, 0.2) is 42.7 Å². The Hall–Kier alpha value is -3.22. The number of aromatic nitrogens is 2. The molecule has 1 amide bonds. The summed E-state index contributed by atoms with van der Waals surface area (Å²) >= 11 is 0. The van der Waals surface area contributed by atoms with Gasteiger partial charge in [0.15, 0.2) is 11.5 Å². The summed E-state index contributed by atoms with van der Waals surface area (Å²) in [5.74, 6) is 1.56. The molecule has 1 aromatic carbocycles. The molecule has 3 aromatic rings. The second-order valence-electron chi connectivity index (χ2n) is 7.44. The van der Waals surface area contributed by atoms with Crippen molar-refractivity contribution < 1.29 is 19.0 Å². The van der Waals surface area contributed by atoms with Crippen LogP contribution < -0.4 is 14.2 Å². The Bertz CT molecular complexity index is 1030. The molecule has 7 heteroatoms. The highest BCUT2D eigenvalue weighted by atomic mass is 16.5. The van der Waals surface area contributed by atoms with E-state index in [1.807, 2.05) is 60.7 Å². The fourth-order valence-electron chi connectivity index (χ4n) is 3.71. The third-order valence-electron chi connectivity index (χ3n) is 5.23. The van der Waals surface area contributed by atoms with Crippen molar-refractivity contribution in [1.29, 1.82) is 0 Å². The lowest BCUT2D eigenvalue weighted by Gasteiger charge is -2.24. The molecule has 0 spiro atoms. The highest BCUT2D eigenvalue weighted by Crippen LogP contribution is 2.40. The van der Waals surface area contributed by atoms with Gasteiger partial charge in [0.2, 0.25) is 5.75 Å². The first-order valence-corrected chi connectivity index (χ1v) is 10.9. The van der Waals surface area contributed by atoms with Crippen LogP contribution in [-0.2, 0) is 6.54 Å². The Morgan fingerprint density at radius 1 is 1.06 bits per heavy atom. The standard InChI is InChI=1S/C24H29N3O4/c1-4-29-20-13-17(14-21(30-5-2)23(20)31-6-3)24(28)27(18-10-11-18)16-19-15-25-22-9-7-8-12-26(19)22/h7-9,12-15,18H,4-6,10-11,16H2,1-3H3. The largest absolute Gasteiger partial charge is 0.490 e. The molecule has 2 heterocycles. The monoisotopic (exact) mass is 423 g/mol. The zero-order chi connectivity index (χ0) is 21.8. The molecule has 1 saturated carbocycles. The maximum Gasteiger partial charge on any atom is 0.254 e. The summed E-state index contributed by atoms with van der Waals surface area (Å²) in [6.07, 6.45) is 5.84. The number of benzene rings is 1. The van der Waals surface area contributed by atoms with Crippen LogP contribution in [0, 0.1) is 0 Å². The minimum Gasteiger partial charge on any atom is -0.490 e. The van der Waals surface area contributed by atoms with Gasteiger partial charge < -0.3 is 23.5 Å². The number of carbonyl (C=O) groups excluding carboxylic acids is 1. The van der Waals surface area contributed by atoms with Gasteiger partial charge in [0.05, 0.1) is 38.3 Å². The van der Waals surface area contributed by atoms with E-state index in [0.717, 1.165) is 24.2 Å². The molecule has 2 aromatic heterocycles. The predicted octanol–water partition coefficient (Wildman–Crippen LogP) is 4.34. The van der Waals surface area contributed by atoms with Crippen molar-refractivity contribution in [3.05, 3.63) is 54.0 Å². The first-order chi connectivity index (χ1) is 15.2. The number of hydrogen-bond donors (Lipinski definition) is 0. The van der Waals surface area contributed by atoms with Crippen molar-refractivity contribution in [1.82, 2.24) is 14.3 Å². The van der Waals surface area contributed by atoms with E-state index < -0.39 is 0 Å². The van der Waals surface area contributed by atoms with E-state index in [-0.39, 0.29) is 11.9 Å². The third-order valence-corrected chi connectivity index (χ3v) is 5.23. The van der Waals surface area contributed by atoms with Crippen molar-refractivity contribution in [2.45, 2.75) is 46.2 Å². The lowest BCUT2D eigenvalue weighted by Crippen LogP contribution is -2.33. The highest BCUT2D eigenvalue weighted by molar-refractivity contribution is 5.96. The van der Waals surface area contributed by atoms with Crippen LogP contribution in [0.4, 0.5) is 0 Å². The number of rotatable bonds is 10. The summed E-state index contributed by atoms with van der Waals surface area (Å²) in [6, 6.07) is 9.66. The first-order valence-electron chi connectivity index (χ1n) is 10.9. The average Bonchev–Trinajstić information content (AvgIpc) is 3.54. The Morgan fingerprint density at radius 3 is 2.35 bits per heavy atom. The van der Waals surface area contributed by atoms with Crippen molar-refractivity contribution in [2.75, 3.05) is 19.8 Å². The minimum absolute atomic E-state index is 0.0432. The zero-order valence-electron chi connectivity index (χ0n) is 18.3. The molecule has 31 heavy (non-hydrogen) atoms. The Labute approximate surface area is 182 Å². The van der Waals surface area contributed by atoms with Crippen LogP contribution in [-0.4, -0.2) is 46.1 Å². The maximum atomic E-state index is 13.6. The van der Waals surface area contributed by atoms with Gasteiger partial charge in [-0.25, -0.2) is 4.98 Å². The molecule has 0 atom stereocenters. The molecule has 0 N–H and O–H groups in total. The maximum absolute atomic E-state index is 13.6. The summed E-state index contributed by atoms with van der Waals surface area (Å²) in [7, 11) is 0. The van der Waals surface area contributed by atoms with Crippen LogP contribution in [0.3, 0.4) is 0 Å². The van der Waals surface area contributed by atoms with Crippen LogP contribution in [0.5, 0.6) is 17.2 Å². The van der Waals surface area contributed by atoms with E-state index in [4.69, 9.17) is 14.2 Å². The van der Waals surface area contributed by atoms with E-state index in [1.54, 1.807) is 12.1 Å². The topological polar surface area (TPSA) is 65.3 Å². The van der Waals surface area contributed by atoms with Crippen LogP contribution in [0.1, 0.15) is 49.7 Å². The molecule has 7 nitrogen and oxygen atoms in total. The fraction of sp³-hybridized carbons (Fsp3) is 0.417. The molecule has 0 aliphatic heterocycles. The number of nitrogens with zero attached hydrogens (tertiary/aromatic N) is 3. The zero-order valence-corrected chi connectivity index (χ0v) is 18.3. The normalized spacial score (nSPS) is 13.3. The van der Waals surface area contributed by atoms with Crippen molar-refractivity contribution in [3.63, 3.8) is 0 Å². The van der Waals surface area contributed by atoms with Gasteiger partial charge in [-0.15, -0.1) is 0 Å². The molecular weight excluding hydrogens is 394 g/mol. The predicted molar refractivity (Wildman–Crippen MR) is 118 cm³/mol. The Morgan fingerprint density at radius 2 is 1.74 bits per heavy atom. The first kappa shape index (κ1) is 21.0. The summed E-state index contributed by atoms with van der Waals surface area (Å²) in [5, 5.41) is 0. The van der Waals surface area contributed by atoms with Gasteiger partial charge in [0, 0.05) is 17.8 Å². The van der Waals surface area contributed by atoms with Crippen LogP contribution in [0.25, 0.3) is 5.65 Å². The number of fused-ring (bicyclic) bond motifs is 1. The number of carbonyl (C=O) groups is 1. The lowest BCUT2D eigenvalue weighted by molar-refractivity contribution is 0.0726. The van der Waals surface area contributed by atoms with E-state index in [0.29, 0.717) is 49.2 Å². The minimum atomic E-state index is -0.0432. The Balaban J connectivity index is 1.68. The van der Waals surface area contributed by atoms with Gasteiger partial charge in [-0.2, -0.15) is 0 Å². The number of pyridine rings is 1. The number of hydrogen-bond acceptors (Lipinski definition) is 5. The second kappa shape index (κ2) is 9.29. The number of imidazole rings is 1. The third kappa shape index (κ3) is 4.45. The van der Waals surface area contributed by atoms with Crippen LogP contribution in [0.2, 0.25) is 0 Å². The number of amides is 1. The van der Waals surface area contributed by atoms with Gasteiger partial charge in [-0.05, 0) is 57.9 Å². The molecule has 1 aliphatic carbocycles. The van der Waals surface area contributed by atoms with Crippen LogP contribution >= 0.6 is 0 Å². The van der Waals surface area contributed by atoms with E-state index in [2.05, 4.69) is 4.98 Å². The molecule has 0 unspecified atom stereocenters. The average molecular weight is 424 g/mol. The van der Waals surface area contributed by atoms with Gasteiger partial charge in [-0.1, -0.05) is 6.07 Å². The van der Waals surface area contributed by atoms with Crippen molar-refractivity contribution >= 4 is 11.6 Å². The highest BCUT2D eigenvalue weighted by Gasteiger charge is 2.34. The van der Waals surface area contributed by atoms with Crippen molar-refractivity contribution in [2.24, 2.45) is 0 Å². The van der Waals surface area contributed by atoms with E-state index in [1.165, 1.54) is 0 Å². The molecular formula is C24H29N3O4. The fourth-order valence-corrected chi connectivity index (χ4v) is 3.71. The summed E-state index contributed by atoms with van der Waals surface area (Å²) < 4.78 is 19.4. The SMILES string of the molecule is CCOc1cc(C(=O)N(Cc2cnc3ccccn23)C2CC2)cc(OCC)c1OCC.